The zero-order valence-electron chi connectivity index (χ0n) is 14.4. The van der Waals surface area contributed by atoms with Crippen LogP contribution in [0.3, 0.4) is 0 Å². The van der Waals surface area contributed by atoms with Gasteiger partial charge in [-0.05, 0) is 37.1 Å². The fourth-order valence-corrected chi connectivity index (χ4v) is 2.96. The number of nitrogens with one attached hydrogen (secondary N) is 1. The molecule has 1 fully saturated rings. The number of halogens is 3. The van der Waals surface area contributed by atoms with Crippen LogP contribution in [0.2, 0.25) is 0 Å². The summed E-state index contributed by atoms with van der Waals surface area (Å²) in [5.41, 5.74) is 1.67. The first-order valence-corrected chi connectivity index (χ1v) is 8.55. The van der Waals surface area contributed by atoms with E-state index in [1.54, 1.807) is 35.4 Å². The largest absolute Gasteiger partial charge is 0.405 e. The number of nitrogens with zero attached hydrogens (tertiary/aromatic N) is 2. The van der Waals surface area contributed by atoms with Crippen LogP contribution in [0, 0.1) is 0 Å². The highest BCUT2D eigenvalue weighted by Gasteiger charge is 2.28. The van der Waals surface area contributed by atoms with Crippen molar-refractivity contribution in [3.8, 4) is 11.3 Å². The second-order valence-electron chi connectivity index (χ2n) is 6.27. The van der Waals surface area contributed by atoms with Gasteiger partial charge in [-0.15, -0.1) is 0 Å². The number of likely N-dealkylation sites (tertiary alicyclic amines) is 1. The Balaban J connectivity index is 1.79. The van der Waals surface area contributed by atoms with Gasteiger partial charge < -0.3 is 10.2 Å². The number of rotatable bonds is 4. The average Bonchev–Trinajstić information content (AvgIpc) is 3.20. The third-order valence-corrected chi connectivity index (χ3v) is 4.30. The number of pyridine rings is 1. The lowest BCUT2D eigenvalue weighted by atomic mass is 10.0. The molecule has 0 radical (unpaired) electrons. The van der Waals surface area contributed by atoms with Crippen LogP contribution in [-0.2, 0) is 0 Å². The van der Waals surface area contributed by atoms with Gasteiger partial charge in [0, 0.05) is 30.4 Å². The number of amides is 2. The molecule has 2 aromatic rings. The van der Waals surface area contributed by atoms with Gasteiger partial charge in [0.25, 0.3) is 11.8 Å². The highest BCUT2D eigenvalue weighted by Crippen LogP contribution is 2.24. The van der Waals surface area contributed by atoms with Crippen molar-refractivity contribution in [2.45, 2.75) is 19.0 Å². The lowest BCUT2D eigenvalue weighted by Gasteiger charge is -2.17. The number of hydrogen-bond donors (Lipinski definition) is 1. The standard InChI is InChI=1S/C19H18F3N3O2/c20-19(21,22)12-24-17(26)14-7-5-13(6-8-14)16-15(4-3-9-23-16)18(27)25-10-1-2-11-25/h3-9H,1-2,10-12H2,(H,24,26). The molecule has 1 aliphatic heterocycles. The van der Waals surface area contributed by atoms with Gasteiger partial charge in [-0.1, -0.05) is 12.1 Å². The van der Waals surface area contributed by atoms with Crippen molar-refractivity contribution in [1.82, 2.24) is 15.2 Å². The van der Waals surface area contributed by atoms with Crippen LogP contribution < -0.4 is 5.32 Å². The van der Waals surface area contributed by atoms with Gasteiger partial charge >= 0.3 is 6.18 Å². The van der Waals surface area contributed by atoms with Crippen molar-refractivity contribution in [2.24, 2.45) is 0 Å². The zero-order chi connectivity index (χ0) is 19.4. The van der Waals surface area contributed by atoms with Gasteiger partial charge in [0.1, 0.15) is 6.54 Å². The molecular weight excluding hydrogens is 359 g/mol. The van der Waals surface area contributed by atoms with Crippen LogP contribution in [0.4, 0.5) is 13.2 Å². The highest BCUT2D eigenvalue weighted by molar-refractivity contribution is 6.00. The molecule has 2 heterocycles. The molecule has 3 rings (SSSR count). The van der Waals surface area contributed by atoms with Crippen LogP contribution in [0.5, 0.6) is 0 Å². The first-order chi connectivity index (χ1) is 12.8. The monoisotopic (exact) mass is 377 g/mol. The van der Waals surface area contributed by atoms with Crippen molar-refractivity contribution in [3.05, 3.63) is 53.7 Å². The Bertz CT molecular complexity index is 829. The van der Waals surface area contributed by atoms with E-state index in [-0.39, 0.29) is 11.5 Å². The van der Waals surface area contributed by atoms with Gasteiger partial charge in [-0.3, -0.25) is 14.6 Å². The average molecular weight is 377 g/mol. The van der Waals surface area contributed by atoms with E-state index in [2.05, 4.69) is 4.98 Å². The van der Waals surface area contributed by atoms with E-state index in [0.29, 0.717) is 29.9 Å². The molecule has 2 amide bonds. The van der Waals surface area contributed by atoms with Gasteiger partial charge in [-0.25, -0.2) is 0 Å². The maximum Gasteiger partial charge on any atom is 0.405 e. The fourth-order valence-electron chi connectivity index (χ4n) is 2.96. The number of aromatic nitrogens is 1. The van der Waals surface area contributed by atoms with E-state index in [4.69, 9.17) is 0 Å². The van der Waals surface area contributed by atoms with E-state index < -0.39 is 18.6 Å². The van der Waals surface area contributed by atoms with E-state index in [0.717, 1.165) is 12.8 Å². The smallest absolute Gasteiger partial charge is 0.343 e. The molecule has 5 nitrogen and oxygen atoms in total. The summed E-state index contributed by atoms with van der Waals surface area (Å²) in [6.07, 6.45) is -0.944. The molecule has 8 heteroatoms. The van der Waals surface area contributed by atoms with Crippen LogP contribution in [0.15, 0.2) is 42.6 Å². The van der Waals surface area contributed by atoms with Crippen LogP contribution in [-0.4, -0.2) is 47.5 Å². The Morgan fingerprint density at radius 3 is 2.37 bits per heavy atom. The van der Waals surface area contributed by atoms with Crippen molar-refractivity contribution < 1.29 is 22.8 Å². The lowest BCUT2D eigenvalue weighted by molar-refractivity contribution is -0.123. The molecule has 0 spiro atoms. The molecule has 1 aromatic carbocycles. The van der Waals surface area contributed by atoms with Gasteiger partial charge in [0.15, 0.2) is 0 Å². The minimum absolute atomic E-state index is 0.0948. The van der Waals surface area contributed by atoms with E-state index >= 15 is 0 Å². The zero-order valence-corrected chi connectivity index (χ0v) is 14.4. The maximum absolute atomic E-state index is 12.7. The Hall–Kier alpha value is -2.90. The maximum atomic E-state index is 12.7. The molecule has 0 saturated carbocycles. The second kappa shape index (κ2) is 7.77. The number of benzene rings is 1. The van der Waals surface area contributed by atoms with Crippen molar-refractivity contribution in [1.29, 1.82) is 0 Å². The number of carbonyl (C=O) groups is 2. The molecule has 0 atom stereocenters. The highest BCUT2D eigenvalue weighted by atomic mass is 19.4. The topological polar surface area (TPSA) is 62.3 Å². The summed E-state index contributed by atoms with van der Waals surface area (Å²) in [6, 6.07) is 9.37. The summed E-state index contributed by atoms with van der Waals surface area (Å²) < 4.78 is 36.6. The summed E-state index contributed by atoms with van der Waals surface area (Å²) in [6.45, 7) is 0.0409. The first-order valence-electron chi connectivity index (χ1n) is 8.55. The number of alkyl halides is 3. The summed E-state index contributed by atoms with van der Waals surface area (Å²) >= 11 is 0. The SMILES string of the molecule is O=C(NCC(F)(F)F)c1ccc(-c2ncccc2C(=O)N2CCCC2)cc1. The second-order valence-corrected chi connectivity index (χ2v) is 6.27. The Morgan fingerprint density at radius 2 is 1.74 bits per heavy atom. The Kier molecular flexibility index (Phi) is 5.43. The van der Waals surface area contributed by atoms with Crippen LogP contribution >= 0.6 is 0 Å². The van der Waals surface area contributed by atoms with Gasteiger partial charge in [0.05, 0.1) is 11.3 Å². The predicted molar refractivity (Wildman–Crippen MR) is 93.2 cm³/mol. The molecule has 0 unspecified atom stereocenters. The molecule has 142 valence electrons. The molecule has 1 saturated heterocycles. The summed E-state index contributed by atoms with van der Waals surface area (Å²) in [7, 11) is 0. The minimum atomic E-state index is -4.46. The molecule has 1 aromatic heterocycles. The first kappa shape index (κ1) is 18.9. The van der Waals surface area contributed by atoms with Crippen LogP contribution in [0.1, 0.15) is 33.6 Å². The molecule has 0 bridgehead atoms. The summed E-state index contributed by atoms with van der Waals surface area (Å²) in [5, 5.41) is 1.82. The van der Waals surface area contributed by atoms with E-state index in [1.165, 1.54) is 12.1 Å². The van der Waals surface area contributed by atoms with E-state index in [1.807, 2.05) is 5.32 Å². The fraction of sp³-hybridized carbons (Fsp3) is 0.316. The lowest BCUT2D eigenvalue weighted by Crippen LogP contribution is -2.33. The van der Waals surface area contributed by atoms with Gasteiger partial charge in [0.2, 0.25) is 0 Å². The third kappa shape index (κ3) is 4.64. The van der Waals surface area contributed by atoms with Crippen molar-refractivity contribution in [3.63, 3.8) is 0 Å². The third-order valence-electron chi connectivity index (χ3n) is 4.30. The van der Waals surface area contributed by atoms with E-state index in [9.17, 15) is 22.8 Å². The quantitative estimate of drug-likeness (QED) is 0.890. The molecule has 27 heavy (non-hydrogen) atoms. The minimum Gasteiger partial charge on any atom is -0.343 e. The Morgan fingerprint density at radius 1 is 1.07 bits per heavy atom. The number of hydrogen-bond acceptors (Lipinski definition) is 3. The normalized spacial score (nSPS) is 14.3. The predicted octanol–water partition coefficient (Wildman–Crippen LogP) is 3.28. The molecular formula is C19H18F3N3O2. The number of carbonyl (C=O) groups excluding carboxylic acids is 2. The van der Waals surface area contributed by atoms with Crippen molar-refractivity contribution in [2.75, 3.05) is 19.6 Å². The van der Waals surface area contributed by atoms with Crippen LogP contribution in [0.25, 0.3) is 11.3 Å². The molecule has 1 N–H and O–H groups in total. The Labute approximate surface area is 154 Å². The van der Waals surface area contributed by atoms with Gasteiger partial charge in [-0.2, -0.15) is 13.2 Å². The molecule has 1 aliphatic rings. The summed E-state index contributed by atoms with van der Waals surface area (Å²) in [4.78, 5) is 30.6. The van der Waals surface area contributed by atoms with Crippen molar-refractivity contribution >= 4 is 11.8 Å². The molecule has 0 aliphatic carbocycles. The summed E-state index contributed by atoms with van der Waals surface area (Å²) in [5.74, 6) is -0.907.